The highest BCUT2D eigenvalue weighted by molar-refractivity contribution is 6.05. The number of hydrogen-bond acceptors (Lipinski definition) is 0. The van der Waals surface area contributed by atoms with Crippen LogP contribution in [-0.4, -0.2) is 0 Å². The summed E-state index contributed by atoms with van der Waals surface area (Å²) >= 11 is 0. The maximum atomic E-state index is 2.40. The molecular weight excluding hydrogens is 432 g/mol. The van der Waals surface area contributed by atoms with E-state index < -0.39 is 0 Å². The van der Waals surface area contributed by atoms with Gasteiger partial charge in [-0.3, -0.25) is 0 Å². The predicted molar refractivity (Wildman–Crippen MR) is 149 cm³/mol. The fourth-order valence-electron chi connectivity index (χ4n) is 7.00. The molecule has 168 valence electrons. The summed E-state index contributed by atoms with van der Waals surface area (Å²) in [6.07, 6.45) is 0.974. The summed E-state index contributed by atoms with van der Waals surface area (Å²) in [6, 6.07) is 49.6. The molecule has 0 heterocycles. The molecule has 0 spiro atoms. The molecule has 2 aliphatic rings. The molecule has 0 N–H and O–H groups in total. The van der Waals surface area contributed by atoms with Gasteiger partial charge in [-0.05, 0) is 72.8 Å². The van der Waals surface area contributed by atoms with Gasteiger partial charge in [0.25, 0.3) is 0 Å². The third-order valence-electron chi connectivity index (χ3n) is 8.38. The lowest BCUT2D eigenvalue weighted by Gasteiger charge is -2.35. The van der Waals surface area contributed by atoms with Crippen molar-refractivity contribution in [2.75, 3.05) is 0 Å². The minimum Gasteiger partial charge on any atom is -0.0622 e. The Morgan fingerprint density at radius 1 is 0.472 bits per heavy atom. The maximum absolute atomic E-state index is 2.40. The minimum absolute atomic E-state index is 0.370. The maximum Gasteiger partial charge on any atom is 0.0716 e. The molecule has 0 aliphatic heterocycles. The predicted octanol–water partition coefficient (Wildman–Crippen LogP) is 8.77. The molecule has 0 nitrogen and oxygen atoms in total. The molecule has 0 atom stereocenters. The van der Waals surface area contributed by atoms with Crippen molar-refractivity contribution in [1.82, 2.24) is 0 Å². The second kappa shape index (κ2) is 7.29. The van der Waals surface area contributed by atoms with Crippen molar-refractivity contribution in [3.05, 3.63) is 167 Å². The highest BCUT2D eigenvalue weighted by atomic mass is 14.5. The van der Waals surface area contributed by atoms with Crippen molar-refractivity contribution in [3.63, 3.8) is 0 Å². The number of rotatable bonds is 2. The van der Waals surface area contributed by atoms with Crippen molar-refractivity contribution < 1.29 is 0 Å². The lowest BCUT2D eigenvalue weighted by atomic mass is 9.66. The standard InChI is InChI=1S/C36H24/c1-3-13-26(14-4-1)36(27-15-5-2-6-16-27)33-22-19-24-11-7-10-18-29(24)34(33)31-21-20-30-28-17-9-8-12-25(28)23-32(30)35(31)36/h1-22H,23H2. The van der Waals surface area contributed by atoms with Gasteiger partial charge in [0.2, 0.25) is 0 Å². The van der Waals surface area contributed by atoms with Crippen molar-refractivity contribution in [1.29, 1.82) is 0 Å². The number of benzene rings is 6. The molecular formula is C36H24. The Labute approximate surface area is 211 Å². The van der Waals surface area contributed by atoms with Crippen LogP contribution in [0.5, 0.6) is 0 Å². The Balaban J connectivity index is 1.60. The molecule has 0 bridgehead atoms. The summed E-state index contributed by atoms with van der Waals surface area (Å²) in [6.45, 7) is 0. The first kappa shape index (κ1) is 19.8. The van der Waals surface area contributed by atoms with Crippen LogP contribution in [0.3, 0.4) is 0 Å². The molecule has 0 aromatic heterocycles. The summed E-state index contributed by atoms with van der Waals surface area (Å²) in [5.41, 5.74) is 13.6. The minimum atomic E-state index is -0.370. The van der Waals surface area contributed by atoms with Crippen LogP contribution in [0, 0.1) is 0 Å². The van der Waals surface area contributed by atoms with Gasteiger partial charge in [-0.25, -0.2) is 0 Å². The second-order valence-electron chi connectivity index (χ2n) is 10.0. The topological polar surface area (TPSA) is 0 Å². The molecule has 0 unspecified atom stereocenters. The third kappa shape index (κ3) is 2.44. The average Bonchev–Trinajstić information content (AvgIpc) is 3.48. The van der Waals surface area contributed by atoms with Gasteiger partial charge in [0, 0.05) is 0 Å². The summed E-state index contributed by atoms with van der Waals surface area (Å²) < 4.78 is 0. The Kier molecular flexibility index (Phi) is 4.02. The Hall–Kier alpha value is -4.42. The van der Waals surface area contributed by atoms with Crippen LogP contribution in [0.1, 0.15) is 33.4 Å². The zero-order chi connectivity index (χ0) is 23.7. The zero-order valence-electron chi connectivity index (χ0n) is 19.9. The van der Waals surface area contributed by atoms with Gasteiger partial charge in [0.1, 0.15) is 0 Å². The molecule has 0 saturated carbocycles. The largest absolute Gasteiger partial charge is 0.0716 e. The molecule has 8 rings (SSSR count). The molecule has 6 aromatic rings. The third-order valence-corrected chi connectivity index (χ3v) is 8.38. The van der Waals surface area contributed by atoms with E-state index in [1.165, 1.54) is 66.4 Å². The lowest BCUT2D eigenvalue weighted by Crippen LogP contribution is -2.29. The summed E-state index contributed by atoms with van der Waals surface area (Å²) in [7, 11) is 0. The highest BCUT2D eigenvalue weighted by Gasteiger charge is 2.49. The van der Waals surface area contributed by atoms with Gasteiger partial charge in [-0.15, -0.1) is 0 Å². The van der Waals surface area contributed by atoms with Gasteiger partial charge in [-0.2, -0.15) is 0 Å². The van der Waals surface area contributed by atoms with Crippen molar-refractivity contribution in [2.24, 2.45) is 0 Å². The van der Waals surface area contributed by atoms with E-state index in [0.29, 0.717) is 0 Å². The van der Waals surface area contributed by atoms with Crippen molar-refractivity contribution in [3.8, 4) is 22.3 Å². The zero-order valence-corrected chi connectivity index (χ0v) is 19.9. The average molecular weight is 457 g/mol. The highest BCUT2D eigenvalue weighted by Crippen LogP contribution is 2.60. The molecule has 6 aromatic carbocycles. The van der Waals surface area contributed by atoms with Gasteiger partial charge in [0.05, 0.1) is 5.41 Å². The van der Waals surface area contributed by atoms with Crippen LogP contribution in [0.25, 0.3) is 33.0 Å². The van der Waals surface area contributed by atoms with Crippen LogP contribution >= 0.6 is 0 Å². The van der Waals surface area contributed by atoms with Crippen LogP contribution < -0.4 is 0 Å². The van der Waals surface area contributed by atoms with E-state index in [1.54, 1.807) is 0 Å². The van der Waals surface area contributed by atoms with Crippen LogP contribution in [0.15, 0.2) is 133 Å². The molecule has 0 heteroatoms. The molecule has 0 radical (unpaired) electrons. The van der Waals surface area contributed by atoms with Crippen molar-refractivity contribution >= 4 is 10.8 Å². The van der Waals surface area contributed by atoms with Crippen LogP contribution in [-0.2, 0) is 11.8 Å². The van der Waals surface area contributed by atoms with Crippen LogP contribution in [0.4, 0.5) is 0 Å². The molecule has 2 aliphatic carbocycles. The normalized spacial score (nSPS) is 14.2. The molecule has 0 saturated heterocycles. The first-order valence-corrected chi connectivity index (χ1v) is 12.8. The Bertz CT molecular complexity index is 1750. The van der Waals surface area contributed by atoms with E-state index in [-0.39, 0.29) is 5.41 Å². The van der Waals surface area contributed by atoms with E-state index in [0.717, 1.165) is 6.42 Å². The number of fused-ring (bicyclic) bond motifs is 9. The first-order valence-electron chi connectivity index (χ1n) is 12.8. The van der Waals surface area contributed by atoms with Gasteiger partial charge in [0.15, 0.2) is 0 Å². The van der Waals surface area contributed by atoms with Gasteiger partial charge >= 0.3 is 0 Å². The Morgan fingerprint density at radius 2 is 1.11 bits per heavy atom. The number of hydrogen-bond donors (Lipinski definition) is 0. The van der Waals surface area contributed by atoms with Gasteiger partial charge < -0.3 is 0 Å². The summed E-state index contributed by atoms with van der Waals surface area (Å²) in [5.74, 6) is 0. The fourth-order valence-corrected chi connectivity index (χ4v) is 7.00. The molecule has 0 amide bonds. The van der Waals surface area contributed by atoms with E-state index >= 15 is 0 Å². The van der Waals surface area contributed by atoms with E-state index in [2.05, 4.69) is 133 Å². The van der Waals surface area contributed by atoms with E-state index in [4.69, 9.17) is 0 Å². The first-order chi connectivity index (χ1) is 17.9. The van der Waals surface area contributed by atoms with Crippen molar-refractivity contribution in [2.45, 2.75) is 11.8 Å². The molecule has 0 fully saturated rings. The quantitative estimate of drug-likeness (QED) is 0.244. The SMILES string of the molecule is c1ccc(C2(c3ccccc3)c3ccc4ccccc4c3-c3ccc4c(c32)Cc2ccccc2-4)cc1. The molecule has 36 heavy (non-hydrogen) atoms. The second-order valence-corrected chi connectivity index (χ2v) is 10.0. The van der Waals surface area contributed by atoms with E-state index in [9.17, 15) is 0 Å². The fraction of sp³-hybridized carbons (Fsp3) is 0.0556. The Morgan fingerprint density at radius 3 is 1.89 bits per heavy atom. The summed E-state index contributed by atoms with van der Waals surface area (Å²) in [5, 5.41) is 2.63. The summed E-state index contributed by atoms with van der Waals surface area (Å²) in [4.78, 5) is 0. The van der Waals surface area contributed by atoms with Gasteiger partial charge in [-0.1, -0.05) is 133 Å². The van der Waals surface area contributed by atoms with Crippen LogP contribution in [0.2, 0.25) is 0 Å². The smallest absolute Gasteiger partial charge is 0.0622 e. The lowest BCUT2D eigenvalue weighted by molar-refractivity contribution is 0.760. The van der Waals surface area contributed by atoms with E-state index in [1.807, 2.05) is 0 Å². The monoisotopic (exact) mass is 456 g/mol.